The van der Waals surface area contributed by atoms with Crippen molar-refractivity contribution in [3.05, 3.63) is 41.5 Å². The fourth-order valence-electron chi connectivity index (χ4n) is 12.6. The van der Waals surface area contributed by atoms with Crippen molar-refractivity contribution in [3.63, 3.8) is 0 Å². The van der Waals surface area contributed by atoms with Gasteiger partial charge in [-0.05, 0) is 126 Å². The van der Waals surface area contributed by atoms with E-state index in [9.17, 15) is 9.59 Å². The summed E-state index contributed by atoms with van der Waals surface area (Å²) in [6, 6.07) is 8.11. The molecule has 2 N–H and O–H groups in total. The Bertz CT molecular complexity index is 1370. The largest absolute Gasteiger partial charge is 0.465 e. The number of hydrogen-bond donors (Lipinski definition) is 2. The van der Waals surface area contributed by atoms with E-state index in [-0.39, 0.29) is 33.7 Å². The summed E-state index contributed by atoms with van der Waals surface area (Å²) < 4.78 is 4.95. The van der Waals surface area contributed by atoms with E-state index < -0.39 is 0 Å². The molecule has 5 nitrogen and oxygen atoms in total. The zero-order chi connectivity index (χ0) is 33.3. The quantitative estimate of drug-likeness (QED) is 0.244. The van der Waals surface area contributed by atoms with E-state index in [1.807, 2.05) is 32.9 Å². The number of allylic oxidation sites excluding steroid dienone is 2. The van der Waals surface area contributed by atoms with Gasteiger partial charge in [-0.1, -0.05) is 80.0 Å². The van der Waals surface area contributed by atoms with Gasteiger partial charge in [0.1, 0.15) is 0 Å². The van der Waals surface area contributed by atoms with Gasteiger partial charge in [0, 0.05) is 24.0 Å². The Morgan fingerprint density at radius 1 is 0.826 bits per heavy atom. The van der Waals surface area contributed by atoms with Gasteiger partial charge in [-0.3, -0.25) is 4.79 Å². The van der Waals surface area contributed by atoms with Crippen molar-refractivity contribution in [2.75, 3.05) is 20.2 Å². The van der Waals surface area contributed by atoms with E-state index in [2.05, 4.69) is 63.5 Å². The molecule has 0 spiro atoms. The molecule has 0 aliphatic heterocycles. The number of amides is 1. The van der Waals surface area contributed by atoms with Crippen molar-refractivity contribution >= 4 is 17.4 Å². The molecule has 6 rings (SSSR count). The predicted octanol–water partition coefficient (Wildman–Crippen LogP) is 8.83. The molecule has 1 amide bonds. The molecule has 46 heavy (non-hydrogen) atoms. The molecule has 5 aliphatic rings. The van der Waals surface area contributed by atoms with E-state index in [1.54, 1.807) is 0 Å². The molecule has 4 saturated carbocycles. The second-order valence-corrected chi connectivity index (χ2v) is 18.4. The summed E-state index contributed by atoms with van der Waals surface area (Å²) in [7, 11) is 1.45. The number of hydrogen-bond acceptors (Lipinski definition) is 4. The summed E-state index contributed by atoms with van der Waals surface area (Å²) in [5.41, 5.74) is 4.29. The van der Waals surface area contributed by atoms with Crippen molar-refractivity contribution in [1.82, 2.24) is 10.6 Å². The number of rotatable bonds is 6. The van der Waals surface area contributed by atoms with Crippen LogP contribution < -0.4 is 10.6 Å². The van der Waals surface area contributed by atoms with Crippen LogP contribution in [0.1, 0.15) is 136 Å². The van der Waals surface area contributed by atoms with E-state index in [0.717, 1.165) is 30.7 Å². The summed E-state index contributed by atoms with van der Waals surface area (Å²) in [6.07, 6.45) is 15.6. The Balaban J connectivity index is 1.22. The van der Waals surface area contributed by atoms with Crippen LogP contribution in [0.3, 0.4) is 0 Å². The van der Waals surface area contributed by atoms with E-state index in [1.165, 1.54) is 76.0 Å². The number of ether oxygens (including phenoxy) is 1. The standard InChI is InChI=1S/C41H62N2O3/c1-36(2,3)35(45)42-25-26-43-41-20-10-11-31(41)30-16-17-33-38(6)21-18-29(27-12-14-28(15-13-27)34(44)46-9)37(4,5)32(38)19-22-40(33,8)39(30,7)23-24-41/h12-15,18,30-33,43H,10-11,16-17,19-26H2,1-9H3,(H,42,45)/t30?,31-,32?,33?,38?,39-,40?,41?/m1/s1. The maximum atomic E-state index is 12.5. The van der Waals surface area contributed by atoms with Gasteiger partial charge >= 0.3 is 5.97 Å². The molecular weight excluding hydrogens is 568 g/mol. The maximum absolute atomic E-state index is 12.5. The molecule has 5 heteroatoms. The summed E-state index contributed by atoms with van der Waals surface area (Å²) in [4.78, 5) is 24.6. The van der Waals surface area contributed by atoms with Gasteiger partial charge in [-0.25, -0.2) is 4.79 Å². The smallest absolute Gasteiger partial charge is 0.337 e. The van der Waals surface area contributed by atoms with Crippen LogP contribution >= 0.6 is 0 Å². The Labute approximate surface area is 279 Å². The fourth-order valence-corrected chi connectivity index (χ4v) is 12.6. The number of esters is 1. The monoisotopic (exact) mass is 630 g/mol. The highest BCUT2D eigenvalue weighted by molar-refractivity contribution is 5.90. The molecule has 8 atom stereocenters. The number of carbonyl (C=O) groups is 2. The van der Waals surface area contributed by atoms with Gasteiger partial charge in [0.2, 0.25) is 5.91 Å². The summed E-state index contributed by atoms with van der Waals surface area (Å²) in [6.45, 7) is 20.6. The lowest BCUT2D eigenvalue weighted by Gasteiger charge is -2.72. The average Bonchev–Trinajstić information content (AvgIpc) is 3.43. The minimum Gasteiger partial charge on any atom is -0.465 e. The lowest BCUT2D eigenvalue weighted by molar-refractivity contribution is -0.216. The normalized spacial score (nSPS) is 39.6. The Hall–Kier alpha value is -2.14. The van der Waals surface area contributed by atoms with E-state index in [4.69, 9.17) is 4.74 Å². The van der Waals surface area contributed by atoms with Crippen LogP contribution in [0, 0.1) is 50.7 Å². The molecule has 0 aromatic heterocycles. The molecule has 0 bridgehead atoms. The molecule has 1 aromatic rings. The van der Waals surface area contributed by atoms with Crippen LogP contribution in [0.4, 0.5) is 0 Å². The number of benzene rings is 1. The van der Waals surface area contributed by atoms with Gasteiger partial charge in [-0.2, -0.15) is 0 Å². The lowest BCUT2D eigenvalue weighted by atomic mass is 9.33. The molecular formula is C41H62N2O3. The minimum absolute atomic E-state index is 0.0678. The van der Waals surface area contributed by atoms with Gasteiger partial charge in [0.05, 0.1) is 12.7 Å². The van der Waals surface area contributed by atoms with E-state index >= 15 is 0 Å². The third-order valence-corrected chi connectivity index (χ3v) is 15.1. The van der Waals surface area contributed by atoms with Crippen LogP contribution in [0.2, 0.25) is 0 Å². The molecule has 4 fully saturated rings. The van der Waals surface area contributed by atoms with Crippen LogP contribution in [0.25, 0.3) is 5.57 Å². The summed E-state index contributed by atoms with van der Waals surface area (Å²) in [5, 5.41) is 7.27. The first-order chi connectivity index (χ1) is 21.5. The average molecular weight is 631 g/mol. The van der Waals surface area contributed by atoms with Gasteiger partial charge < -0.3 is 15.4 Å². The number of methoxy groups -OCH3 is 1. The molecule has 0 saturated heterocycles. The highest BCUT2D eigenvalue weighted by atomic mass is 16.5. The first-order valence-corrected chi connectivity index (χ1v) is 18.5. The topological polar surface area (TPSA) is 67.4 Å². The summed E-state index contributed by atoms with van der Waals surface area (Å²) >= 11 is 0. The van der Waals surface area contributed by atoms with Crippen molar-refractivity contribution in [2.45, 2.75) is 125 Å². The second kappa shape index (κ2) is 11.5. The van der Waals surface area contributed by atoms with Crippen LogP contribution in [-0.2, 0) is 9.53 Å². The first kappa shape index (κ1) is 33.7. The van der Waals surface area contributed by atoms with Crippen LogP contribution in [-0.4, -0.2) is 37.6 Å². The Morgan fingerprint density at radius 3 is 2.22 bits per heavy atom. The Morgan fingerprint density at radius 2 is 1.54 bits per heavy atom. The molecule has 254 valence electrons. The number of carbonyl (C=O) groups excluding carboxylic acids is 2. The van der Waals surface area contributed by atoms with Gasteiger partial charge in [0.15, 0.2) is 0 Å². The Kier molecular flexibility index (Phi) is 8.43. The molecule has 5 aliphatic carbocycles. The number of nitrogens with one attached hydrogen (secondary N) is 2. The first-order valence-electron chi connectivity index (χ1n) is 18.5. The number of fused-ring (bicyclic) bond motifs is 7. The third kappa shape index (κ3) is 5.03. The van der Waals surface area contributed by atoms with Crippen molar-refractivity contribution in [3.8, 4) is 0 Å². The molecule has 1 aromatic carbocycles. The lowest BCUT2D eigenvalue weighted by Crippen LogP contribution is -2.67. The second-order valence-electron chi connectivity index (χ2n) is 18.4. The highest BCUT2D eigenvalue weighted by Gasteiger charge is 2.69. The fraction of sp³-hybridized carbons (Fsp3) is 0.756. The minimum atomic E-state index is -0.340. The van der Waals surface area contributed by atoms with E-state index in [0.29, 0.717) is 28.9 Å². The third-order valence-electron chi connectivity index (χ3n) is 15.1. The van der Waals surface area contributed by atoms with Crippen molar-refractivity contribution in [2.24, 2.45) is 50.7 Å². The zero-order valence-corrected chi connectivity index (χ0v) is 30.4. The SMILES string of the molecule is COC(=O)c1ccc(C2=CCC3(C)C(CCC4(C)C3CCC3[C@H]5CCCC5(NCCNC(=O)C(C)(C)C)CC[C@]34C)C2(C)C)cc1. The van der Waals surface area contributed by atoms with Crippen LogP contribution in [0.5, 0.6) is 0 Å². The van der Waals surface area contributed by atoms with Crippen LogP contribution in [0.15, 0.2) is 30.3 Å². The van der Waals surface area contributed by atoms with Crippen molar-refractivity contribution < 1.29 is 14.3 Å². The maximum Gasteiger partial charge on any atom is 0.337 e. The molecule has 0 radical (unpaired) electrons. The van der Waals surface area contributed by atoms with Gasteiger partial charge in [-0.15, -0.1) is 0 Å². The predicted molar refractivity (Wildman–Crippen MR) is 187 cm³/mol. The van der Waals surface area contributed by atoms with Crippen molar-refractivity contribution in [1.29, 1.82) is 0 Å². The zero-order valence-electron chi connectivity index (χ0n) is 30.4. The summed E-state index contributed by atoms with van der Waals surface area (Å²) in [5.74, 6) is 2.76. The molecule has 0 heterocycles. The highest BCUT2D eigenvalue weighted by Crippen LogP contribution is 2.76. The van der Waals surface area contributed by atoms with Gasteiger partial charge in [0.25, 0.3) is 0 Å². The molecule has 6 unspecified atom stereocenters.